The first-order valence-corrected chi connectivity index (χ1v) is 6.79. The van der Waals surface area contributed by atoms with Gasteiger partial charge in [0.1, 0.15) is 11.9 Å². The first-order chi connectivity index (χ1) is 9.28. The highest BCUT2D eigenvalue weighted by molar-refractivity contribution is 5.74. The molecule has 6 nitrogen and oxygen atoms in total. The normalized spacial score (nSPS) is 23.1. The molecule has 1 heterocycles. The Hall–Kier alpha value is -1.59. The van der Waals surface area contributed by atoms with E-state index in [-0.39, 0.29) is 24.3 Å². The van der Waals surface area contributed by atoms with Crippen LogP contribution in [0.1, 0.15) is 40.0 Å². The molecule has 0 aliphatic carbocycles. The summed E-state index contributed by atoms with van der Waals surface area (Å²) < 4.78 is 10.1. The van der Waals surface area contributed by atoms with Gasteiger partial charge in [-0.05, 0) is 33.6 Å². The molecule has 0 aromatic carbocycles. The van der Waals surface area contributed by atoms with Crippen molar-refractivity contribution >= 4 is 18.3 Å². The average Bonchev–Trinajstić information content (AvgIpc) is 2.36. The van der Waals surface area contributed by atoms with Crippen LogP contribution in [0.3, 0.4) is 0 Å². The lowest BCUT2D eigenvalue weighted by molar-refractivity contribution is -0.148. The summed E-state index contributed by atoms with van der Waals surface area (Å²) in [6, 6.07) is -0.305. The van der Waals surface area contributed by atoms with E-state index in [9.17, 15) is 14.4 Å². The van der Waals surface area contributed by atoms with Crippen molar-refractivity contribution < 1.29 is 23.9 Å². The number of amides is 1. The van der Waals surface area contributed by atoms with Crippen LogP contribution in [0.2, 0.25) is 0 Å². The Morgan fingerprint density at radius 2 is 2.00 bits per heavy atom. The van der Waals surface area contributed by atoms with Gasteiger partial charge in [-0.1, -0.05) is 0 Å². The summed E-state index contributed by atoms with van der Waals surface area (Å²) >= 11 is 0. The van der Waals surface area contributed by atoms with Crippen molar-refractivity contribution in [2.24, 2.45) is 5.92 Å². The van der Waals surface area contributed by atoms with E-state index in [2.05, 4.69) is 0 Å². The number of aldehydes is 1. The van der Waals surface area contributed by atoms with Crippen molar-refractivity contribution in [2.75, 3.05) is 13.7 Å². The second-order valence-corrected chi connectivity index (χ2v) is 5.97. The third kappa shape index (κ3) is 4.51. The topological polar surface area (TPSA) is 72.9 Å². The SMILES string of the molecule is COC(=O)C1CCN(C(=O)OC(C)(C)C)C(CC=O)C1. The van der Waals surface area contributed by atoms with Crippen LogP contribution in [-0.2, 0) is 19.1 Å². The van der Waals surface area contributed by atoms with Crippen LogP contribution >= 0.6 is 0 Å². The number of piperidine rings is 1. The van der Waals surface area contributed by atoms with Crippen LogP contribution in [0, 0.1) is 5.92 Å². The number of esters is 1. The molecule has 2 atom stereocenters. The molecule has 0 aromatic heterocycles. The molecular formula is C14H23NO5. The number of hydrogen-bond acceptors (Lipinski definition) is 5. The van der Waals surface area contributed by atoms with Gasteiger partial charge in [0.05, 0.1) is 13.0 Å². The van der Waals surface area contributed by atoms with Crippen molar-refractivity contribution in [1.82, 2.24) is 4.90 Å². The van der Waals surface area contributed by atoms with Gasteiger partial charge in [0.25, 0.3) is 0 Å². The summed E-state index contributed by atoms with van der Waals surface area (Å²) in [7, 11) is 1.34. The Balaban J connectivity index is 2.74. The number of methoxy groups -OCH3 is 1. The van der Waals surface area contributed by atoms with E-state index in [1.165, 1.54) is 7.11 Å². The standard InChI is InChI=1S/C14H23NO5/c1-14(2,3)20-13(18)15-7-5-10(12(17)19-4)9-11(15)6-8-16/h8,10-11H,5-7,9H2,1-4H3. The van der Waals surface area contributed by atoms with Gasteiger partial charge >= 0.3 is 12.1 Å². The van der Waals surface area contributed by atoms with Crippen molar-refractivity contribution in [1.29, 1.82) is 0 Å². The van der Waals surface area contributed by atoms with Crippen molar-refractivity contribution in [2.45, 2.75) is 51.7 Å². The summed E-state index contributed by atoms with van der Waals surface area (Å²) in [5.74, 6) is -0.548. The second kappa shape index (κ2) is 6.72. The first kappa shape index (κ1) is 16.5. The summed E-state index contributed by atoms with van der Waals surface area (Å²) in [5.41, 5.74) is -0.581. The largest absolute Gasteiger partial charge is 0.469 e. The lowest BCUT2D eigenvalue weighted by Crippen LogP contribution is -2.49. The number of rotatable bonds is 3. The highest BCUT2D eigenvalue weighted by Gasteiger charge is 2.36. The van der Waals surface area contributed by atoms with Gasteiger partial charge in [-0.25, -0.2) is 4.79 Å². The van der Waals surface area contributed by atoms with Crippen LogP contribution in [-0.4, -0.2) is 48.5 Å². The minimum Gasteiger partial charge on any atom is -0.469 e. The van der Waals surface area contributed by atoms with Crippen molar-refractivity contribution in [3.05, 3.63) is 0 Å². The molecule has 0 spiro atoms. The Kier molecular flexibility index (Phi) is 5.53. The quantitative estimate of drug-likeness (QED) is 0.583. The molecule has 0 aromatic rings. The molecule has 1 amide bonds. The fourth-order valence-corrected chi connectivity index (χ4v) is 2.33. The van der Waals surface area contributed by atoms with Crippen molar-refractivity contribution in [3.63, 3.8) is 0 Å². The number of ether oxygens (including phenoxy) is 2. The maximum Gasteiger partial charge on any atom is 0.410 e. The maximum absolute atomic E-state index is 12.1. The molecule has 6 heteroatoms. The third-order valence-electron chi connectivity index (χ3n) is 3.25. The van der Waals surface area contributed by atoms with Gasteiger partial charge in [0.15, 0.2) is 0 Å². The van der Waals surface area contributed by atoms with Gasteiger partial charge in [-0.15, -0.1) is 0 Å². The van der Waals surface area contributed by atoms with E-state index in [0.717, 1.165) is 6.29 Å². The monoisotopic (exact) mass is 285 g/mol. The van der Waals surface area contributed by atoms with Gasteiger partial charge in [0, 0.05) is 19.0 Å². The minimum atomic E-state index is -0.581. The highest BCUT2D eigenvalue weighted by atomic mass is 16.6. The summed E-state index contributed by atoms with van der Waals surface area (Å²) in [5, 5.41) is 0. The van der Waals surface area contributed by atoms with Crippen LogP contribution in [0.4, 0.5) is 4.79 Å². The summed E-state index contributed by atoms with van der Waals surface area (Å²) in [6.45, 7) is 5.77. The van der Waals surface area contributed by atoms with Crippen LogP contribution in [0.5, 0.6) is 0 Å². The molecular weight excluding hydrogens is 262 g/mol. The van der Waals surface area contributed by atoms with Crippen molar-refractivity contribution in [3.8, 4) is 0 Å². The number of nitrogens with zero attached hydrogens (tertiary/aromatic N) is 1. The molecule has 1 aliphatic heterocycles. The molecule has 20 heavy (non-hydrogen) atoms. The zero-order chi connectivity index (χ0) is 15.3. The number of carbonyl (C=O) groups is 3. The lowest BCUT2D eigenvalue weighted by Gasteiger charge is -2.38. The van der Waals surface area contributed by atoms with E-state index in [4.69, 9.17) is 9.47 Å². The number of likely N-dealkylation sites (tertiary alicyclic amines) is 1. The fourth-order valence-electron chi connectivity index (χ4n) is 2.33. The smallest absolute Gasteiger partial charge is 0.410 e. The molecule has 0 saturated carbocycles. The summed E-state index contributed by atoms with van der Waals surface area (Å²) in [4.78, 5) is 36.0. The molecule has 1 aliphatic rings. The number of hydrogen-bond donors (Lipinski definition) is 0. The van der Waals surface area contributed by atoms with Crippen LogP contribution in [0.25, 0.3) is 0 Å². The Labute approximate surface area is 119 Å². The Morgan fingerprint density at radius 1 is 1.35 bits per heavy atom. The van der Waals surface area contributed by atoms with Gasteiger partial charge in [-0.2, -0.15) is 0 Å². The molecule has 0 bridgehead atoms. The fraction of sp³-hybridized carbons (Fsp3) is 0.786. The zero-order valence-electron chi connectivity index (χ0n) is 12.5. The maximum atomic E-state index is 12.1. The average molecular weight is 285 g/mol. The summed E-state index contributed by atoms with van der Waals surface area (Å²) in [6.07, 6.45) is 1.49. The molecule has 1 saturated heterocycles. The second-order valence-electron chi connectivity index (χ2n) is 5.97. The Bertz CT molecular complexity index is 374. The zero-order valence-corrected chi connectivity index (χ0v) is 12.5. The molecule has 1 rings (SSSR count). The molecule has 114 valence electrons. The lowest BCUT2D eigenvalue weighted by atomic mass is 9.90. The molecule has 2 unspecified atom stereocenters. The first-order valence-electron chi connectivity index (χ1n) is 6.79. The predicted molar refractivity (Wildman–Crippen MR) is 72.1 cm³/mol. The molecule has 0 radical (unpaired) electrons. The van der Waals surface area contributed by atoms with E-state index in [1.807, 2.05) is 0 Å². The minimum absolute atomic E-state index is 0.201. The van der Waals surface area contributed by atoms with Gasteiger partial charge in [0.2, 0.25) is 0 Å². The van der Waals surface area contributed by atoms with Gasteiger partial charge in [-0.3, -0.25) is 4.79 Å². The Morgan fingerprint density at radius 3 is 2.50 bits per heavy atom. The van der Waals surface area contributed by atoms with Crippen LogP contribution < -0.4 is 0 Å². The predicted octanol–water partition coefficient (Wildman–Crippen LogP) is 1.76. The van der Waals surface area contributed by atoms with E-state index in [0.29, 0.717) is 19.4 Å². The number of carbonyl (C=O) groups excluding carboxylic acids is 3. The molecule has 0 N–H and O–H groups in total. The third-order valence-corrected chi connectivity index (χ3v) is 3.25. The highest BCUT2D eigenvalue weighted by Crippen LogP contribution is 2.27. The van der Waals surface area contributed by atoms with E-state index < -0.39 is 11.7 Å². The molecule has 1 fully saturated rings. The van der Waals surface area contributed by atoms with Gasteiger partial charge < -0.3 is 19.2 Å². The van der Waals surface area contributed by atoms with Crippen LogP contribution in [0.15, 0.2) is 0 Å². The van der Waals surface area contributed by atoms with E-state index >= 15 is 0 Å². The van der Waals surface area contributed by atoms with E-state index in [1.54, 1.807) is 25.7 Å².